The van der Waals surface area contributed by atoms with Crippen molar-refractivity contribution in [3.63, 3.8) is 0 Å². The van der Waals surface area contributed by atoms with E-state index in [1.807, 2.05) is 0 Å². The number of nitrogen functional groups attached to an aromatic ring is 1. The summed E-state index contributed by atoms with van der Waals surface area (Å²) in [5, 5.41) is 3.75. The molecule has 1 aliphatic carbocycles. The van der Waals surface area contributed by atoms with Gasteiger partial charge >= 0.3 is 0 Å². The predicted molar refractivity (Wildman–Crippen MR) is 77.3 cm³/mol. The lowest BCUT2D eigenvalue weighted by molar-refractivity contribution is 0.609. The Hall–Kier alpha value is -1.81. The van der Waals surface area contributed by atoms with Crippen LogP contribution in [-0.2, 0) is 12.8 Å². The number of halogens is 1. The normalized spacial score (nSPS) is 17.8. The summed E-state index contributed by atoms with van der Waals surface area (Å²) in [4.78, 5) is 8.01. The molecule has 4 nitrogen and oxygen atoms in total. The summed E-state index contributed by atoms with van der Waals surface area (Å²) in [6.45, 7) is 0. The van der Waals surface area contributed by atoms with Gasteiger partial charge in [-0.2, -0.15) is 4.98 Å². The average molecular weight is 275 g/mol. The highest BCUT2D eigenvalue weighted by Gasteiger charge is 2.18. The van der Waals surface area contributed by atoms with E-state index < -0.39 is 0 Å². The molecule has 0 radical (unpaired) electrons. The van der Waals surface area contributed by atoms with Gasteiger partial charge in [-0.3, -0.25) is 0 Å². The number of hydrogen-bond acceptors (Lipinski definition) is 4. The minimum absolute atomic E-state index is 0.200. The van der Waals surface area contributed by atoms with Crippen LogP contribution in [0, 0.1) is 0 Å². The molecule has 0 saturated heterocycles. The second-order valence-electron chi connectivity index (χ2n) is 4.79. The van der Waals surface area contributed by atoms with Gasteiger partial charge in [0.25, 0.3) is 0 Å². The number of fused-ring (bicyclic) bond motifs is 1. The molecule has 98 valence electrons. The van der Waals surface area contributed by atoms with Crippen LogP contribution < -0.4 is 11.1 Å². The van der Waals surface area contributed by atoms with Crippen molar-refractivity contribution in [2.45, 2.75) is 25.3 Å². The SMILES string of the molecule is Nc1nc(Cl)cc(NC2CCc3ccccc3C2)n1. The van der Waals surface area contributed by atoms with Gasteiger partial charge in [0.2, 0.25) is 5.95 Å². The third-order valence-electron chi connectivity index (χ3n) is 3.41. The van der Waals surface area contributed by atoms with E-state index in [1.165, 1.54) is 11.1 Å². The van der Waals surface area contributed by atoms with Gasteiger partial charge in [0.15, 0.2) is 0 Å². The van der Waals surface area contributed by atoms with Crippen LogP contribution in [0.5, 0.6) is 0 Å². The van der Waals surface area contributed by atoms with E-state index in [4.69, 9.17) is 17.3 Å². The second kappa shape index (κ2) is 5.05. The van der Waals surface area contributed by atoms with E-state index in [0.29, 0.717) is 17.0 Å². The van der Waals surface area contributed by atoms with E-state index in [0.717, 1.165) is 19.3 Å². The number of hydrogen-bond donors (Lipinski definition) is 2. The lowest BCUT2D eigenvalue weighted by atomic mass is 9.88. The quantitative estimate of drug-likeness (QED) is 0.827. The number of nitrogens with two attached hydrogens (primary N) is 1. The minimum atomic E-state index is 0.200. The summed E-state index contributed by atoms with van der Waals surface area (Å²) in [6.07, 6.45) is 3.17. The minimum Gasteiger partial charge on any atom is -0.368 e. The molecule has 0 amide bonds. The van der Waals surface area contributed by atoms with Gasteiger partial charge in [-0.1, -0.05) is 35.9 Å². The largest absolute Gasteiger partial charge is 0.368 e. The summed E-state index contributed by atoms with van der Waals surface area (Å²) in [5.41, 5.74) is 8.44. The van der Waals surface area contributed by atoms with E-state index in [-0.39, 0.29) is 5.95 Å². The monoisotopic (exact) mass is 274 g/mol. The molecule has 2 aromatic rings. The molecular weight excluding hydrogens is 260 g/mol. The second-order valence-corrected chi connectivity index (χ2v) is 5.17. The Morgan fingerprint density at radius 2 is 2.00 bits per heavy atom. The van der Waals surface area contributed by atoms with Crippen LogP contribution in [0.25, 0.3) is 0 Å². The Labute approximate surface area is 117 Å². The average Bonchev–Trinajstić information content (AvgIpc) is 2.37. The van der Waals surface area contributed by atoms with Crippen LogP contribution >= 0.6 is 11.6 Å². The fourth-order valence-corrected chi connectivity index (χ4v) is 2.73. The standard InChI is InChI=1S/C14H15ClN4/c15-12-8-13(19-14(16)18-12)17-11-6-5-9-3-1-2-4-10(9)7-11/h1-4,8,11H,5-7H2,(H3,16,17,18,19). The summed E-state index contributed by atoms with van der Waals surface area (Å²) in [5.74, 6) is 0.896. The molecule has 5 heteroatoms. The fraction of sp³-hybridized carbons (Fsp3) is 0.286. The number of rotatable bonds is 2. The third kappa shape index (κ3) is 2.79. The first kappa shape index (κ1) is 12.2. The highest BCUT2D eigenvalue weighted by Crippen LogP contribution is 2.23. The van der Waals surface area contributed by atoms with Gasteiger partial charge in [0, 0.05) is 12.1 Å². The number of aryl methyl sites for hydroxylation is 1. The zero-order valence-corrected chi connectivity index (χ0v) is 11.2. The molecule has 3 N–H and O–H groups in total. The van der Waals surface area contributed by atoms with Gasteiger partial charge < -0.3 is 11.1 Å². The number of nitrogens with one attached hydrogen (secondary N) is 1. The Morgan fingerprint density at radius 3 is 2.79 bits per heavy atom. The van der Waals surface area contributed by atoms with Crippen molar-refractivity contribution < 1.29 is 0 Å². The van der Waals surface area contributed by atoms with Crippen LogP contribution in [0.15, 0.2) is 30.3 Å². The lowest BCUT2D eigenvalue weighted by Gasteiger charge is -2.25. The van der Waals surface area contributed by atoms with Crippen molar-refractivity contribution in [1.82, 2.24) is 9.97 Å². The van der Waals surface area contributed by atoms with Crippen LogP contribution in [0.4, 0.5) is 11.8 Å². The molecule has 1 aromatic carbocycles. The smallest absolute Gasteiger partial charge is 0.223 e. The predicted octanol–water partition coefficient (Wildman–Crippen LogP) is 2.68. The first-order valence-electron chi connectivity index (χ1n) is 6.34. The highest BCUT2D eigenvalue weighted by molar-refractivity contribution is 6.29. The first-order chi connectivity index (χ1) is 9.20. The van der Waals surface area contributed by atoms with Crippen molar-refractivity contribution in [1.29, 1.82) is 0 Å². The maximum Gasteiger partial charge on any atom is 0.223 e. The third-order valence-corrected chi connectivity index (χ3v) is 3.60. The van der Waals surface area contributed by atoms with Gasteiger partial charge in [0.05, 0.1) is 0 Å². The van der Waals surface area contributed by atoms with Gasteiger partial charge in [-0.05, 0) is 30.4 Å². The summed E-state index contributed by atoms with van der Waals surface area (Å²) in [6, 6.07) is 10.6. The topological polar surface area (TPSA) is 63.8 Å². The molecule has 0 bridgehead atoms. The molecule has 1 aromatic heterocycles. The van der Waals surface area contributed by atoms with E-state index in [2.05, 4.69) is 39.6 Å². The zero-order valence-electron chi connectivity index (χ0n) is 10.4. The number of anilines is 2. The molecule has 0 spiro atoms. The maximum atomic E-state index is 5.88. The van der Waals surface area contributed by atoms with E-state index in [1.54, 1.807) is 6.07 Å². The summed E-state index contributed by atoms with van der Waals surface area (Å²) >= 11 is 5.88. The van der Waals surface area contributed by atoms with Crippen molar-refractivity contribution in [3.05, 3.63) is 46.6 Å². The molecule has 0 fully saturated rings. The molecule has 1 atom stereocenters. The van der Waals surface area contributed by atoms with Crippen molar-refractivity contribution in [3.8, 4) is 0 Å². The number of benzene rings is 1. The van der Waals surface area contributed by atoms with Gasteiger partial charge in [-0.25, -0.2) is 4.98 Å². The van der Waals surface area contributed by atoms with Crippen molar-refractivity contribution in [2.24, 2.45) is 0 Å². The lowest BCUT2D eigenvalue weighted by Crippen LogP contribution is -2.27. The summed E-state index contributed by atoms with van der Waals surface area (Å²) in [7, 11) is 0. The molecule has 0 saturated carbocycles. The van der Waals surface area contributed by atoms with Crippen LogP contribution in [0.1, 0.15) is 17.5 Å². The molecule has 1 unspecified atom stereocenters. The Kier molecular flexibility index (Phi) is 3.25. The number of aromatic nitrogens is 2. The van der Waals surface area contributed by atoms with Crippen molar-refractivity contribution in [2.75, 3.05) is 11.1 Å². The molecule has 0 aliphatic heterocycles. The first-order valence-corrected chi connectivity index (χ1v) is 6.72. The van der Waals surface area contributed by atoms with Crippen LogP contribution in [0.3, 0.4) is 0 Å². The summed E-state index contributed by atoms with van der Waals surface area (Å²) < 4.78 is 0. The highest BCUT2D eigenvalue weighted by atomic mass is 35.5. The van der Waals surface area contributed by atoms with Crippen LogP contribution in [0.2, 0.25) is 5.15 Å². The van der Waals surface area contributed by atoms with Gasteiger partial charge in [-0.15, -0.1) is 0 Å². The maximum absolute atomic E-state index is 5.88. The zero-order chi connectivity index (χ0) is 13.2. The van der Waals surface area contributed by atoms with E-state index >= 15 is 0 Å². The Morgan fingerprint density at radius 1 is 1.21 bits per heavy atom. The molecule has 1 heterocycles. The van der Waals surface area contributed by atoms with Gasteiger partial charge in [0.1, 0.15) is 11.0 Å². The molecular formula is C14H15ClN4. The van der Waals surface area contributed by atoms with Crippen LogP contribution in [-0.4, -0.2) is 16.0 Å². The van der Waals surface area contributed by atoms with Crippen molar-refractivity contribution >= 4 is 23.4 Å². The van der Waals surface area contributed by atoms with E-state index in [9.17, 15) is 0 Å². The molecule has 19 heavy (non-hydrogen) atoms. The molecule has 3 rings (SSSR count). The number of nitrogens with zero attached hydrogens (tertiary/aromatic N) is 2. The fourth-order valence-electron chi connectivity index (χ4n) is 2.54. The Bertz CT molecular complexity index is 579. The molecule has 1 aliphatic rings. The Balaban J connectivity index is 1.75.